The van der Waals surface area contributed by atoms with Crippen molar-refractivity contribution in [2.45, 2.75) is 12.0 Å². The highest BCUT2D eigenvalue weighted by molar-refractivity contribution is 7.07. The van der Waals surface area contributed by atoms with E-state index in [1.54, 1.807) is 11.3 Å². The van der Waals surface area contributed by atoms with Gasteiger partial charge in [-0.3, -0.25) is 0 Å². The molecule has 0 aliphatic carbocycles. The molecule has 0 bridgehead atoms. The van der Waals surface area contributed by atoms with E-state index in [4.69, 9.17) is 0 Å². The maximum absolute atomic E-state index is 10.8. The second kappa shape index (κ2) is 7.21. The zero-order valence-corrected chi connectivity index (χ0v) is 13.0. The van der Waals surface area contributed by atoms with Crippen LogP contribution in [0.5, 0.6) is 0 Å². The molecule has 0 saturated carbocycles. The fraction of sp³-hybridized carbons (Fsp3) is 0.100. The van der Waals surface area contributed by atoms with Gasteiger partial charge in [0, 0.05) is 5.92 Å². The van der Waals surface area contributed by atoms with Crippen molar-refractivity contribution in [1.29, 1.82) is 0 Å². The molecule has 2 heteroatoms. The third-order valence-corrected chi connectivity index (χ3v) is 4.41. The van der Waals surface area contributed by atoms with Gasteiger partial charge in [-0.1, -0.05) is 72.8 Å². The molecule has 2 atom stereocenters. The number of aliphatic hydroxyl groups excluding tert-OH is 1. The first-order valence-corrected chi connectivity index (χ1v) is 8.27. The molecule has 0 aliphatic rings. The summed E-state index contributed by atoms with van der Waals surface area (Å²) in [6.07, 6.45) is 3.63. The van der Waals surface area contributed by atoms with Gasteiger partial charge in [-0.05, 0) is 33.5 Å². The summed E-state index contributed by atoms with van der Waals surface area (Å²) in [4.78, 5) is 0. The largest absolute Gasteiger partial charge is 0.387 e. The monoisotopic (exact) mass is 306 g/mol. The van der Waals surface area contributed by atoms with Crippen LogP contribution in [-0.4, -0.2) is 5.11 Å². The van der Waals surface area contributed by atoms with Crippen molar-refractivity contribution in [2.24, 2.45) is 0 Å². The Bertz CT molecular complexity index is 702. The van der Waals surface area contributed by atoms with E-state index in [0.717, 1.165) is 16.7 Å². The van der Waals surface area contributed by atoms with E-state index in [9.17, 15) is 5.11 Å². The van der Waals surface area contributed by atoms with Crippen molar-refractivity contribution >= 4 is 17.4 Å². The van der Waals surface area contributed by atoms with Gasteiger partial charge in [0.2, 0.25) is 0 Å². The molecule has 1 nitrogen and oxygen atoms in total. The van der Waals surface area contributed by atoms with E-state index in [2.05, 4.69) is 36.4 Å². The first-order chi connectivity index (χ1) is 10.8. The molecule has 3 rings (SSSR count). The second-order valence-electron chi connectivity index (χ2n) is 5.21. The van der Waals surface area contributed by atoms with Crippen molar-refractivity contribution in [3.8, 4) is 0 Å². The Balaban J connectivity index is 1.91. The highest BCUT2D eigenvalue weighted by Gasteiger charge is 2.20. The predicted molar refractivity (Wildman–Crippen MR) is 93.9 cm³/mol. The smallest absolute Gasteiger partial charge is 0.0901 e. The molecule has 1 aromatic heterocycles. The minimum absolute atomic E-state index is 0.0593. The normalized spacial score (nSPS) is 14.0. The maximum Gasteiger partial charge on any atom is 0.0901 e. The first-order valence-electron chi connectivity index (χ1n) is 7.33. The van der Waals surface area contributed by atoms with Crippen LogP contribution in [0, 0.1) is 0 Å². The van der Waals surface area contributed by atoms with E-state index >= 15 is 0 Å². The summed E-state index contributed by atoms with van der Waals surface area (Å²) < 4.78 is 0. The molecule has 1 N–H and O–H groups in total. The van der Waals surface area contributed by atoms with Crippen molar-refractivity contribution in [3.63, 3.8) is 0 Å². The summed E-state index contributed by atoms with van der Waals surface area (Å²) in [5, 5.41) is 14.8. The molecule has 0 saturated heterocycles. The van der Waals surface area contributed by atoms with Gasteiger partial charge < -0.3 is 5.11 Å². The van der Waals surface area contributed by atoms with E-state index in [1.165, 1.54) is 0 Å². The Morgan fingerprint density at radius 1 is 0.818 bits per heavy atom. The van der Waals surface area contributed by atoms with Crippen LogP contribution >= 0.6 is 11.3 Å². The lowest BCUT2D eigenvalue weighted by atomic mass is 9.89. The fourth-order valence-corrected chi connectivity index (χ4v) is 3.19. The van der Waals surface area contributed by atoms with Crippen LogP contribution in [0.3, 0.4) is 0 Å². The van der Waals surface area contributed by atoms with Gasteiger partial charge in [0.1, 0.15) is 0 Å². The van der Waals surface area contributed by atoms with E-state index < -0.39 is 6.10 Å². The third kappa shape index (κ3) is 3.53. The third-order valence-electron chi connectivity index (χ3n) is 3.70. The Hall–Kier alpha value is -2.16. The Morgan fingerprint density at radius 3 is 2.14 bits per heavy atom. The summed E-state index contributed by atoms with van der Waals surface area (Å²) in [6.45, 7) is 0. The average Bonchev–Trinajstić information content (AvgIpc) is 3.11. The van der Waals surface area contributed by atoms with Crippen LogP contribution in [0.2, 0.25) is 0 Å². The highest BCUT2D eigenvalue weighted by atomic mass is 32.1. The fourth-order valence-electron chi connectivity index (χ4n) is 2.50. The average molecular weight is 306 g/mol. The molecule has 0 radical (unpaired) electrons. The van der Waals surface area contributed by atoms with Crippen molar-refractivity contribution in [2.75, 3.05) is 0 Å². The summed E-state index contributed by atoms with van der Waals surface area (Å²) in [5.74, 6) is -0.0593. The van der Waals surface area contributed by atoms with Crippen LogP contribution < -0.4 is 0 Å². The van der Waals surface area contributed by atoms with Gasteiger partial charge in [-0.15, -0.1) is 0 Å². The molecule has 110 valence electrons. The van der Waals surface area contributed by atoms with Crippen LogP contribution in [0.1, 0.15) is 28.7 Å². The summed E-state index contributed by atoms with van der Waals surface area (Å²) in [7, 11) is 0. The van der Waals surface area contributed by atoms with Crippen molar-refractivity contribution in [3.05, 3.63) is 100 Å². The zero-order valence-electron chi connectivity index (χ0n) is 12.2. The van der Waals surface area contributed by atoms with Crippen molar-refractivity contribution in [1.82, 2.24) is 0 Å². The molecule has 0 amide bonds. The first kappa shape index (κ1) is 14.8. The number of hydrogen-bond donors (Lipinski definition) is 1. The maximum atomic E-state index is 10.8. The number of benzene rings is 2. The molecule has 0 aliphatic heterocycles. The lowest BCUT2D eigenvalue weighted by Crippen LogP contribution is -2.08. The van der Waals surface area contributed by atoms with E-state index in [-0.39, 0.29) is 5.92 Å². The van der Waals surface area contributed by atoms with Gasteiger partial charge >= 0.3 is 0 Å². The summed E-state index contributed by atoms with van der Waals surface area (Å²) in [5.41, 5.74) is 3.23. The van der Waals surface area contributed by atoms with Gasteiger partial charge in [-0.25, -0.2) is 0 Å². The molecule has 0 spiro atoms. The zero-order chi connectivity index (χ0) is 15.2. The predicted octanol–water partition coefficient (Wildman–Crippen LogP) is 5.28. The lowest BCUT2D eigenvalue weighted by Gasteiger charge is -2.20. The topological polar surface area (TPSA) is 20.2 Å². The summed E-state index contributed by atoms with van der Waals surface area (Å²) in [6, 6.07) is 22.3. The quantitative estimate of drug-likeness (QED) is 0.680. The molecule has 1 heterocycles. The minimum atomic E-state index is -0.534. The summed E-state index contributed by atoms with van der Waals surface area (Å²) >= 11 is 1.61. The van der Waals surface area contributed by atoms with Crippen LogP contribution in [-0.2, 0) is 0 Å². The standard InChI is InChI=1S/C20H18OS/c21-20(18-13-14-22-15-18)19(17-9-5-2-6-10-17)12-11-16-7-3-1-4-8-16/h1-15,19-21H/t19-,20-/m0/s1. The highest BCUT2D eigenvalue weighted by Crippen LogP contribution is 2.33. The van der Waals surface area contributed by atoms with Crippen molar-refractivity contribution < 1.29 is 5.11 Å². The molecule has 0 unspecified atom stereocenters. The van der Waals surface area contributed by atoms with E-state index in [1.807, 2.05) is 53.2 Å². The molecule has 22 heavy (non-hydrogen) atoms. The van der Waals surface area contributed by atoms with Crippen LogP contribution in [0.25, 0.3) is 6.08 Å². The van der Waals surface area contributed by atoms with Gasteiger partial charge in [-0.2, -0.15) is 11.3 Å². The number of thiophene rings is 1. The number of rotatable bonds is 5. The van der Waals surface area contributed by atoms with E-state index in [0.29, 0.717) is 0 Å². The SMILES string of the molecule is O[C@@H](c1ccsc1)[C@@H](C=Cc1ccccc1)c1ccccc1. The Labute approximate surface area is 135 Å². The number of hydrogen-bond acceptors (Lipinski definition) is 2. The molecular weight excluding hydrogens is 288 g/mol. The molecule has 2 aromatic carbocycles. The van der Waals surface area contributed by atoms with Gasteiger partial charge in [0.25, 0.3) is 0 Å². The Morgan fingerprint density at radius 2 is 1.50 bits per heavy atom. The van der Waals surface area contributed by atoms with Crippen LogP contribution in [0.4, 0.5) is 0 Å². The lowest BCUT2D eigenvalue weighted by molar-refractivity contribution is 0.162. The van der Waals surface area contributed by atoms with Gasteiger partial charge in [0.05, 0.1) is 6.10 Å². The molecule has 3 aromatic rings. The Kier molecular flexibility index (Phi) is 4.84. The minimum Gasteiger partial charge on any atom is -0.387 e. The molecular formula is C20H18OS. The second-order valence-corrected chi connectivity index (χ2v) is 5.99. The molecule has 0 fully saturated rings. The van der Waals surface area contributed by atoms with Crippen LogP contribution in [0.15, 0.2) is 83.6 Å². The van der Waals surface area contributed by atoms with Gasteiger partial charge in [0.15, 0.2) is 0 Å². The number of aliphatic hydroxyl groups is 1.